The maximum absolute atomic E-state index is 13.5. The summed E-state index contributed by atoms with van der Waals surface area (Å²) in [5, 5.41) is 8.93. The lowest BCUT2D eigenvalue weighted by atomic mass is 10.1. The molecule has 0 radical (unpaired) electrons. The van der Waals surface area contributed by atoms with Crippen LogP contribution in [0.25, 0.3) is 38.9 Å². The number of benzene rings is 1. The lowest BCUT2D eigenvalue weighted by molar-refractivity contribution is -0.114. The fourth-order valence-electron chi connectivity index (χ4n) is 6.38. The first kappa shape index (κ1) is 28.1. The molecule has 1 aromatic carbocycles. The number of aryl methyl sites for hydroxylation is 1. The van der Waals surface area contributed by atoms with E-state index in [-0.39, 0.29) is 17.9 Å². The summed E-state index contributed by atoms with van der Waals surface area (Å²) < 4.78 is 10.0. The number of nitrogens with zero attached hydrogens (tertiary/aromatic N) is 5. The number of fused-ring (bicyclic) bond motifs is 2. The molecule has 2 fully saturated rings. The van der Waals surface area contributed by atoms with Gasteiger partial charge in [-0.3, -0.25) is 9.59 Å². The van der Waals surface area contributed by atoms with Crippen LogP contribution in [-0.2, 0) is 11.3 Å². The number of amides is 2. The van der Waals surface area contributed by atoms with E-state index in [1.54, 1.807) is 17.8 Å². The molecular weight excluding hydrogens is 554 g/mol. The van der Waals surface area contributed by atoms with Crippen LogP contribution in [0.4, 0.5) is 5.82 Å². The first-order valence-corrected chi connectivity index (χ1v) is 15.3. The average molecular weight is 592 g/mol. The van der Waals surface area contributed by atoms with Gasteiger partial charge in [-0.1, -0.05) is 12.1 Å². The van der Waals surface area contributed by atoms with Crippen molar-refractivity contribution in [3.8, 4) is 28.3 Å². The molecule has 4 aromatic heterocycles. The summed E-state index contributed by atoms with van der Waals surface area (Å²) in [6.45, 7) is 5.71. The molecule has 0 spiro atoms. The molecule has 7 rings (SSSR count). The van der Waals surface area contributed by atoms with Gasteiger partial charge in [0.15, 0.2) is 0 Å². The Morgan fingerprint density at radius 1 is 1.09 bits per heavy atom. The van der Waals surface area contributed by atoms with Gasteiger partial charge in [0, 0.05) is 67.0 Å². The summed E-state index contributed by atoms with van der Waals surface area (Å²) in [5.74, 6) is 1.59. The molecule has 2 aliphatic rings. The van der Waals surface area contributed by atoms with Crippen LogP contribution in [0.1, 0.15) is 48.5 Å². The Bertz CT molecular complexity index is 1900. The van der Waals surface area contributed by atoms with Crippen molar-refractivity contribution in [1.29, 1.82) is 0 Å². The number of carbonyl (C=O) groups is 2. The Morgan fingerprint density at radius 2 is 1.91 bits per heavy atom. The monoisotopic (exact) mass is 591 g/mol. The molecule has 1 saturated heterocycles. The molecule has 5 aromatic rings. The van der Waals surface area contributed by atoms with Crippen LogP contribution < -0.4 is 15.8 Å². The Kier molecular flexibility index (Phi) is 7.08. The molecule has 10 nitrogen and oxygen atoms in total. The number of hydrogen-bond donors (Lipinski definition) is 2. The van der Waals surface area contributed by atoms with Gasteiger partial charge in [0.05, 0.1) is 18.4 Å². The Balaban J connectivity index is 1.31. The number of pyridine rings is 2. The zero-order valence-electron chi connectivity index (χ0n) is 25.3. The molecule has 2 amide bonds. The maximum atomic E-state index is 13.5. The summed E-state index contributed by atoms with van der Waals surface area (Å²) in [6, 6.07) is 14.3. The second-order valence-corrected chi connectivity index (χ2v) is 12.2. The lowest BCUT2D eigenvalue weighted by Crippen LogP contribution is -2.45. The fourth-order valence-corrected chi connectivity index (χ4v) is 6.38. The van der Waals surface area contributed by atoms with E-state index in [0.717, 1.165) is 63.9 Å². The second kappa shape index (κ2) is 11.1. The Labute approximate surface area is 255 Å². The van der Waals surface area contributed by atoms with Gasteiger partial charge in [0.25, 0.3) is 5.91 Å². The number of nitrogens with two attached hydrogens (primary N) is 1. The van der Waals surface area contributed by atoms with Crippen molar-refractivity contribution >= 4 is 34.1 Å². The molecule has 1 aliphatic carbocycles. The quantitative estimate of drug-likeness (QED) is 0.266. The molecular formula is C34H37N7O3. The first-order chi connectivity index (χ1) is 21.3. The van der Waals surface area contributed by atoms with Gasteiger partial charge in [0.1, 0.15) is 22.8 Å². The molecule has 5 heterocycles. The normalized spacial score (nSPS) is 16.9. The lowest BCUT2D eigenvalue weighted by Gasteiger charge is -2.30. The maximum Gasteiger partial charge on any atom is 0.255 e. The highest BCUT2D eigenvalue weighted by atomic mass is 16.5. The van der Waals surface area contributed by atoms with Gasteiger partial charge in [0.2, 0.25) is 5.91 Å². The largest absolute Gasteiger partial charge is 0.494 e. The minimum atomic E-state index is -0.147. The third-order valence-corrected chi connectivity index (χ3v) is 8.83. The standard InChI is InChI=1S/C34H37N7O3/c1-20-32(38-41-18-26(15-30(44-3)33(20)41)34(43)39-12-4-5-27(35)19-39)29-14-24-9-8-23(13-28(24)40(29)17-22-6-7-22)25-10-11-31(36-16-25)37-21(2)42/h8-11,13-16,18,22,27H,4-7,12,17,19,35H2,1-3H3,(H,36,37,42)/t27-/m1/s1. The number of methoxy groups -OCH3 is 1. The molecule has 0 unspecified atom stereocenters. The van der Waals surface area contributed by atoms with Gasteiger partial charge in [-0.15, -0.1) is 0 Å². The number of aromatic nitrogens is 4. The zero-order chi connectivity index (χ0) is 30.5. The van der Waals surface area contributed by atoms with Crippen molar-refractivity contribution in [2.24, 2.45) is 11.7 Å². The van der Waals surface area contributed by atoms with Crippen molar-refractivity contribution in [3.05, 3.63) is 66.0 Å². The number of carbonyl (C=O) groups excluding carboxylic acids is 2. The number of ether oxygens (including phenoxy) is 1. The highest BCUT2D eigenvalue weighted by molar-refractivity contribution is 5.96. The van der Waals surface area contributed by atoms with Crippen LogP contribution in [-0.4, -0.2) is 62.1 Å². The van der Waals surface area contributed by atoms with E-state index in [9.17, 15) is 9.59 Å². The van der Waals surface area contributed by atoms with Crippen molar-refractivity contribution in [2.45, 2.75) is 52.1 Å². The minimum absolute atomic E-state index is 0.00476. The van der Waals surface area contributed by atoms with Gasteiger partial charge < -0.3 is 25.3 Å². The molecule has 1 saturated carbocycles. The number of anilines is 1. The Hall–Kier alpha value is -4.70. The van der Waals surface area contributed by atoms with Crippen molar-refractivity contribution < 1.29 is 14.3 Å². The van der Waals surface area contributed by atoms with Gasteiger partial charge in [-0.05, 0) is 74.4 Å². The summed E-state index contributed by atoms with van der Waals surface area (Å²) in [5.41, 5.74) is 13.6. The number of rotatable bonds is 7. The first-order valence-electron chi connectivity index (χ1n) is 15.3. The van der Waals surface area contributed by atoms with Crippen molar-refractivity contribution in [1.82, 2.24) is 24.1 Å². The average Bonchev–Trinajstić information content (AvgIpc) is 3.69. The molecule has 226 valence electrons. The number of piperidine rings is 1. The molecule has 1 atom stereocenters. The topological polar surface area (TPSA) is 120 Å². The highest BCUT2D eigenvalue weighted by Gasteiger charge is 2.28. The van der Waals surface area contributed by atoms with E-state index in [2.05, 4.69) is 46.1 Å². The number of likely N-dealkylation sites (tertiary alicyclic amines) is 1. The summed E-state index contributed by atoms with van der Waals surface area (Å²) in [4.78, 5) is 31.1. The van der Waals surface area contributed by atoms with E-state index in [1.165, 1.54) is 19.8 Å². The molecule has 0 bridgehead atoms. The molecule has 3 N–H and O–H groups in total. The van der Waals surface area contributed by atoms with Crippen LogP contribution in [0.5, 0.6) is 5.75 Å². The van der Waals surface area contributed by atoms with Crippen LogP contribution in [0.2, 0.25) is 0 Å². The molecule has 44 heavy (non-hydrogen) atoms. The van der Waals surface area contributed by atoms with Gasteiger partial charge >= 0.3 is 0 Å². The number of nitrogens with one attached hydrogen (secondary N) is 1. The zero-order valence-corrected chi connectivity index (χ0v) is 25.3. The van der Waals surface area contributed by atoms with Gasteiger partial charge in [-0.25, -0.2) is 9.50 Å². The highest BCUT2D eigenvalue weighted by Crippen LogP contribution is 2.39. The van der Waals surface area contributed by atoms with E-state index in [4.69, 9.17) is 15.6 Å². The van der Waals surface area contributed by atoms with Crippen LogP contribution in [0.3, 0.4) is 0 Å². The van der Waals surface area contributed by atoms with Crippen LogP contribution in [0.15, 0.2) is 54.9 Å². The van der Waals surface area contributed by atoms with Crippen LogP contribution >= 0.6 is 0 Å². The van der Waals surface area contributed by atoms with E-state index in [1.807, 2.05) is 29.3 Å². The van der Waals surface area contributed by atoms with Gasteiger partial charge in [-0.2, -0.15) is 5.10 Å². The second-order valence-electron chi connectivity index (χ2n) is 12.2. The smallest absolute Gasteiger partial charge is 0.255 e. The van der Waals surface area contributed by atoms with E-state index < -0.39 is 0 Å². The third kappa shape index (κ3) is 5.19. The van der Waals surface area contributed by atoms with Crippen molar-refractivity contribution in [3.63, 3.8) is 0 Å². The predicted octanol–water partition coefficient (Wildman–Crippen LogP) is 5.27. The number of hydrogen-bond acceptors (Lipinski definition) is 6. The molecule has 1 aliphatic heterocycles. The SMILES string of the molecule is COc1cc(C(=O)N2CCC[C@@H](N)C2)cn2nc(-c3cc4ccc(-c5ccc(NC(C)=O)nc5)cc4n3CC3CC3)c(C)c12. The van der Waals surface area contributed by atoms with Crippen LogP contribution in [0, 0.1) is 12.8 Å². The molecule has 10 heteroatoms. The summed E-state index contributed by atoms with van der Waals surface area (Å²) in [7, 11) is 1.63. The predicted molar refractivity (Wildman–Crippen MR) is 171 cm³/mol. The third-order valence-electron chi connectivity index (χ3n) is 8.83. The minimum Gasteiger partial charge on any atom is -0.494 e. The van der Waals surface area contributed by atoms with E-state index >= 15 is 0 Å². The fraction of sp³-hybridized carbons (Fsp3) is 0.353. The Morgan fingerprint density at radius 3 is 2.61 bits per heavy atom. The summed E-state index contributed by atoms with van der Waals surface area (Å²) >= 11 is 0. The van der Waals surface area contributed by atoms with E-state index in [0.29, 0.717) is 36.1 Å². The summed E-state index contributed by atoms with van der Waals surface area (Å²) in [6.07, 6.45) is 7.89. The van der Waals surface area contributed by atoms with Crippen molar-refractivity contribution in [2.75, 3.05) is 25.5 Å².